The summed E-state index contributed by atoms with van der Waals surface area (Å²) in [5.74, 6) is 0.719. The van der Waals surface area contributed by atoms with E-state index in [2.05, 4.69) is 15.0 Å². The molecule has 2 aromatic carbocycles. The molecule has 0 radical (unpaired) electrons. The van der Waals surface area contributed by atoms with Crippen molar-refractivity contribution in [2.24, 2.45) is 4.99 Å². The maximum atomic E-state index is 11.6. The highest BCUT2D eigenvalue weighted by Crippen LogP contribution is 2.16. The molecule has 0 aromatic heterocycles. The molecule has 27 heavy (non-hydrogen) atoms. The van der Waals surface area contributed by atoms with E-state index in [1.54, 1.807) is 7.05 Å². The summed E-state index contributed by atoms with van der Waals surface area (Å²) in [6, 6.07) is 15.2. The van der Waals surface area contributed by atoms with Gasteiger partial charge in [0.2, 0.25) is 10.0 Å². The second-order valence-corrected chi connectivity index (χ2v) is 8.46. The molecule has 0 aliphatic heterocycles. The molecular weight excluding hydrogens is 384 g/mol. The van der Waals surface area contributed by atoms with Crippen molar-refractivity contribution in [1.29, 1.82) is 0 Å². The van der Waals surface area contributed by atoms with Crippen LogP contribution in [0.4, 0.5) is 0 Å². The number of rotatable bonds is 7. The van der Waals surface area contributed by atoms with Gasteiger partial charge in [-0.3, -0.25) is 4.99 Å². The summed E-state index contributed by atoms with van der Waals surface area (Å²) in [4.78, 5) is 6.30. The summed E-state index contributed by atoms with van der Waals surface area (Å²) >= 11 is 6.23. The lowest BCUT2D eigenvalue weighted by atomic mass is 10.1. The van der Waals surface area contributed by atoms with Crippen LogP contribution in [0.2, 0.25) is 5.02 Å². The smallest absolute Gasteiger partial charge is 0.215 e. The van der Waals surface area contributed by atoms with Crippen molar-refractivity contribution in [3.8, 4) is 0 Å². The predicted octanol–water partition coefficient (Wildman–Crippen LogP) is 2.60. The Morgan fingerprint density at radius 1 is 1.11 bits per heavy atom. The van der Waals surface area contributed by atoms with E-state index in [0.29, 0.717) is 13.1 Å². The van der Waals surface area contributed by atoms with Gasteiger partial charge in [-0.25, -0.2) is 13.1 Å². The van der Waals surface area contributed by atoms with Crippen LogP contribution < -0.4 is 10.0 Å². The molecule has 0 fully saturated rings. The molecule has 0 spiro atoms. The summed E-state index contributed by atoms with van der Waals surface area (Å²) in [5.41, 5.74) is 2.81. The number of benzene rings is 2. The molecule has 6 nitrogen and oxygen atoms in total. The van der Waals surface area contributed by atoms with Gasteiger partial charge in [-0.2, -0.15) is 0 Å². The molecule has 8 heteroatoms. The van der Waals surface area contributed by atoms with Gasteiger partial charge in [-0.15, -0.1) is 0 Å². The molecule has 0 amide bonds. The Bertz CT molecular complexity index is 883. The molecule has 2 aromatic rings. The van der Waals surface area contributed by atoms with E-state index in [4.69, 9.17) is 11.6 Å². The lowest BCUT2D eigenvalue weighted by Gasteiger charge is -2.22. The fraction of sp³-hybridized carbons (Fsp3) is 0.316. The van der Waals surface area contributed by atoms with Crippen LogP contribution in [-0.2, 0) is 28.9 Å². The standard InChI is InChI=1S/C19H25ClN4O2S/c1-21-19(24(3)13-17-6-4-5-7-18(17)20)23-12-15-8-10-16(11-9-15)14-27(25,26)22-2/h4-11,22H,12-14H2,1-3H3,(H,21,23). The van der Waals surface area contributed by atoms with Crippen LogP contribution in [0.5, 0.6) is 0 Å². The van der Waals surface area contributed by atoms with Gasteiger partial charge in [-0.1, -0.05) is 54.1 Å². The first-order chi connectivity index (χ1) is 12.8. The van der Waals surface area contributed by atoms with Gasteiger partial charge in [0.05, 0.1) is 5.75 Å². The lowest BCUT2D eigenvalue weighted by Crippen LogP contribution is -2.38. The van der Waals surface area contributed by atoms with Crippen LogP contribution in [-0.4, -0.2) is 40.4 Å². The summed E-state index contributed by atoms with van der Waals surface area (Å²) in [6.07, 6.45) is 0. The largest absolute Gasteiger partial charge is 0.352 e. The highest BCUT2D eigenvalue weighted by atomic mass is 35.5. The SMILES string of the molecule is CN=C(NCc1ccc(CS(=O)(=O)NC)cc1)N(C)Cc1ccccc1Cl. The fourth-order valence-corrected chi connectivity index (χ4v) is 3.54. The third-order valence-electron chi connectivity index (χ3n) is 4.08. The maximum Gasteiger partial charge on any atom is 0.215 e. The van der Waals surface area contributed by atoms with Crippen molar-refractivity contribution < 1.29 is 8.42 Å². The van der Waals surface area contributed by atoms with Crippen LogP contribution >= 0.6 is 11.6 Å². The monoisotopic (exact) mass is 408 g/mol. The van der Waals surface area contributed by atoms with E-state index in [0.717, 1.165) is 27.7 Å². The van der Waals surface area contributed by atoms with Crippen LogP contribution in [0.15, 0.2) is 53.5 Å². The van der Waals surface area contributed by atoms with Crippen molar-refractivity contribution >= 4 is 27.6 Å². The average Bonchev–Trinajstić information content (AvgIpc) is 2.65. The Kier molecular flexibility index (Phi) is 7.65. The second-order valence-electron chi connectivity index (χ2n) is 6.13. The lowest BCUT2D eigenvalue weighted by molar-refractivity contribution is 0.476. The number of sulfonamides is 1. The summed E-state index contributed by atoms with van der Waals surface area (Å²) in [5, 5.41) is 4.03. The van der Waals surface area contributed by atoms with Crippen LogP contribution in [0.1, 0.15) is 16.7 Å². The third kappa shape index (κ3) is 6.53. The van der Waals surface area contributed by atoms with Gasteiger partial charge < -0.3 is 10.2 Å². The van der Waals surface area contributed by atoms with Crippen LogP contribution in [0.3, 0.4) is 0 Å². The molecule has 0 aliphatic carbocycles. The van der Waals surface area contributed by atoms with Crippen molar-refractivity contribution in [2.75, 3.05) is 21.1 Å². The fourth-order valence-electron chi connectivity index (χ4n) is 2.57. The van der Waals surface area contributed by atoms with E-state index in [1.165, 1.54) is 7.05 Å². The summed E-state index contributed by atoms with van der Waals surface area (Å²) < 4.78 is 25.5. The maximum absolute atomic E-state index is 11.6. The highest BCUT2D eigenvalue weighted by molar-refractivity contribution is 7.88. The minimum absolute atomic E-state index is 0.0283. The van der Waals surface area contributed by atoms with Crippen molar-refractivity contribution in [1.82, 2.24) is 14.9 Å². The number of aliphatic imine (C=N–C) groups is 1. The van der Waals surface area contributed by atoms with E-state index >= 15 is 0 Å². The summed E-state index contributed by atoms with van der Waals surface area (Å²) in [6.45, 7) is 1.22. The van der Waals surface area contributed by atoms with Crippen molar-refractivity contribution in [2.45, 2.75) is 18.8 Å². The van der Waals surface area contributed by atoms with Gasteiger partial charge >= 0.3 is 0 Å². The summed E-state index contributed by atoms with van der Waals surface area (Å²) in [7, 11) is 1.84. The quantitative estimate of drug-likeness (QED) is 0.545. The molecule has 2 N–H and O–H groups in total. The molecular formula is C19H25ClN4O2S. The number of halogens is 1. The van der Waals surface area contributed by atoms with Crippen LogP contribution in [0, 0.1) is 0 Å². The van der Waals surface area contributed by atoms with E-state index in [9.17, 15) is 8.42 Å². The molecule has 0 aliphatic rings. The normalized spacial score (nSPS) is 12.1. The Morgan fingerprint density at radius 2 is 1.74 bits per heavy atom. The first kappa shape index (κ1) is 21.2. The predicted molar refractivity (Wildman–Crippen MR) is 111 cm³/mol. The number of nitrogens with one attached hydrogen (secondary N) is 2. The minimum Gasteiger partial charge on any atom is -0.352 e. The Hall–Kier alpha value is -2.09. The molecule has 146 valence electrons. The van der Waals surface area contributed by atoms with Crippen molar-refractivity contribution in [3.05, 3.63) is 70.2 Å². The zero-order valence-electron chi connectivity index (χ0n) is 15.7. The average molecular weight is 409 g/mol. The van der Waals surface area contributed by atoms with Gasteiger partial charge in [0.1, 0.15) is 0 Å². The van der Waals surface area contributed by atoms with Crippen molar-refractivity contribution in [3.63, 3.8) is 0 Å². The second kappa shape index (κ2) is 9.73. The van der Waals surface area contributed by atoms with E-state index in [-0.39, 0.29) is 5.75 Å². The highest BCUT2D eigenvalue weighted by Gasteiger charge is 2.10. The van der Waals surface area contributed by atoms with Gasteiger partial charge in [0.25, 0.3) is 0 Å². The first-order valence-corrected chi connectivity index (χ1v) is 10.5. The number of hydrogen-bond acceptors (Lipinski definition) is 3. The number of guanidine groups is 1. The molecule has 0 atom stereocenters. The van der Waals surface area contributed by atoms with Gasteiger partial charge in [-0.05, 0) is 29.8 Å². The topological polar surface area (TPSA) is 73.8 Å². The van der Waals surface area contributed by atoms with E-state index < -0.39 is 10.0 Å². The van der Waals surface area contributed by atoms with Crippen LogP contribution in [0.25, 0.3) is 0 Å². The molecule has 0 saturated carbocycles. The minimum atomic E-state index is -3.26. The number of nitrogens with zero attached hydrogens (tertiary/aromatic N) is 2. The number of hydrogen-bond donors (Lipinski definition) is 2. The zero-order valence-corrected chi connectivity index (χ0v) is 17.3. The zero-order chi connectivity index (χ0) is 19.9. The molecule has 0 unspecified atom stereocenters. The van der Waals surface area contributed by atoms with Gasteiger partial charge in [0, 0.05) is 32.2 Å². The Balaban J connectivity index is 1.94. The van der Waals surface area contributed by atoms with E-state index in [1.807, 2.05) is 60.5 Å². The molecule has 2 rings (SSSR count). The van der Waals surface area contributed by atoms with Gasteiger partial charge in [0.15, 0.2) is 5.96 Å². The molecule has 0 heterocycles. The molecule has 0 saturated heterocycles. The Morgan fingerprint density at radius 3 is 2.33 bits per heavy atom. The molecule has 0 bridgehead atoms. The Labute approximate surface area is 166 Å². The first-order valence-electron chi connectivity index (χ1n) is 8.49. The third-order valence-corrected chi connectivity index (χ3v) is 5.78.